The van der Waals surface area contributed by atoms with E-state index in [1.807, 2.05) is 0 Å². The molecule has 164 valence electrons. The van der Waals surface area contributed by atoms with Crippen LogP contribution in [-0.2, 0) is 6.16 Å². The molecule has 4 heteroatoms. The molecule has 0 N–H and O–H groups in total. The van der Waals surface area contributed by atoms with Crippen LogP contribution in [0.25, 0.3) is 16.4 Å². The molecule has 4 aromatic carbocycles. The molecule has 0 amide bonds. The van der Waals surface area contributed by atoms with Crippen molar-refractivity contribution in [2.45, 2.75) is 13.1 Å². The molecule has 34 heavy (non-hydrogen) atoms. The number of aromatic nitrogens is 3. The number of para-hydroxylation sites is 1. The lowest BCUT2D eigenvalue weighted by Crippen LogP contribution is -2.33. The molecule has 2 aromatic heterocycles. The average molecular weight is 459 g/mol. The molecule has 0 fully saturated rings. The monoisotopic (exact) mass is 458 g/mol. The van der Waals surface area contributed by atoms with Gasteiger partial charge >= 0.3 is 0 Å². The molecule has 3 nitrogen and oxygen atoms in total. The van der Waals surface area contributed by atoms with Gasteiger partial charge in [-0.05, 0) is 55.5 Å². The van der Waals surface area contributed by atoms with Crippen molar-refractivity contribution in [3.63, 3.8) is 0 Å². The number of fused-ring (bicyclic) bond motifs is 3. The summed E-state index contributed by atoms with van der Waals surface area (Å²) < 4.78 is 2.07. The van der Waals surface area contributed by atoms with Gasteiger partial charge in [-0.1, -0.05) is 72.8 Å². The van der Waals surface area contributed by atoms with E-state index < -0.39 is 7.26 Å². The minimum Gasteiger partial charge on any atom is -0.229 e. The second kappa shape index (κ2) is 8.52. The molecule has 0 radical (unpaired) electrons. The van der Waals surface area contributed by atoms with Crippen molar-refractivity contribution in [3.05, 3.63) is 133 Å². The summed E-state index contributed by atoms with van der Waals surface area (Å²) in [4.78, 5) is 5.21. The van der Waals surface area contributed by atoms with Gasteiger partial charge in [0.05, 0.1) is 16.7 Å². The molecule has 0 bridgehead atoms. The highest BCUT2D eigenvalue weighted by molar-refractivity contribution is 7.95. The molecule has 0 aliphatic heterocycles. The van der Waals surface area contributed by atoms with Gasteiger partial charge in [-0.25, -0.2) is 9.50 Å². The molecule has 0 atom stereocenters. The highest BCUT2D eigenvalue weighted by Crippen LogP contribution is 2.58. The lowest BCUT2D eigenvalue weighted by atomic mass is 10.2. The molecule has 0 saturated heterocycles. The maximum atomic E-state index is 5.21. The van der Waals surface area contributed by atoms with Gasteiger partial charge in [0, 0.05) is 5.39 Å². The summed E-state index contributed by atoms with van der Waals surface area (Å²) in [7, 11) is -2.07. The lowest BCUT2D eigenvalue weighted by Gasteiger charge is -2.27. The normalized spacial score (nSPS) is 11.8. The molecule has 0 aliphatic rings. The molecule has 0 spiro atoms. The van der Waals surface area contributed by atoms with Crippen LogP contribution in [0.3, 0.4) is 0 Å². The van der Waals surface area contributed by atoms with Gasteiger partial charge < -0.3 is 0 Å². The van der Waals surface area contributed by atoms with Crippen LogP contribution in [0.5, 0.6) is 0 Å². The molecule has 2 heterocycles. The Morgan fingerprint density at radius 1 is 0.647 bits per heavy atom. The number of benzene rings is 4. The third kappa shape index (κ3) is 3.41. The summed E-state index contributed by atoms with van der Waals surface area (Å²) in [5.74, 6) is 0.992. The van der Waals surface area contributed by atoms with Crippen molar-refractivity contribution in [2.75, 3.05) is 0 Å². The van der Waals surface area contributed by atoms with Crippen molar-refractivity contribution in [1.29, 1.82) is 0 Å². The smallest absolute Gasteiger partial charge is 0.169 e. The van der Waals surface area contributed by atoms with E-state index in [1.54, 1.807) is 0 Å². The first-order valence-corrected chi connectivity index (χ1v) is 13.5. The molecular formula is C30H25N3P+. The Balaban J connectivity index is 1.69. The van der Waals surface area contributed by atoms with E-state index in [-0.39, 0.29) is 0 Å². The van der Waals surface area contributed by atoms with Gasteiger partial charge in [-0.3, -0.25) is 0 Å². The Hall–Kier alpha value is -3.81. The number of hydrogen-bond acceptors (Lipinski definition) is 2. The minimum atomic E-state index is -2.07. The van der Waals surface area contributed by atoms with Crippen LogP contribution >= 0.6 is 7.26 Å². The van der Waals surface area contributed by atoms with Gasteiger partial charge in [0.15, 0.2) is 5.82 Å². The maximum Gasteiger partial charge on any atom is 0.169 e. The summed E-state index contributed by atoms with van der Waals surface area (Å²) in [6.07, 6.45) is 0.785. The van der Waals surface area contributed by atoms with Crippen LogP contribution in [0.2, 0.25) is 0 Å². The summed E-state index contributed by atoms with van der Waals surface area (Å²) in [6.45, 7) is 2.06. The first-order valence-electron chi connectivity index (χ1n) is 11.5. The predicted molar refractivity (Wildman–Crippen MR) is 144 cm³/mol. The Morgan fingerprint density at radius 3 is 1.71 bits per heavy atom. The van der Waals surface area contributed by atoms with Crippen LogP contribution in [0.1, 0.15) is 11.5 Å². The van der Waals surface area contributed by atoms with Crippen LogP contribution in [0, 0.1) is 6.92 Å². The van der Waals surface area contributed by atoms with Crippen molar-refractivity contribution >= 4 is 39.6 Å². The molecule has 0 aliphatic carbocycles. The number of aryl methyl sites for hydroxylation is 1. The Morgan fingerprint density at radius 2 is 1.15 bits per heavy atom. The Kier molecular flexibility index (Phi) is 5.20. The van der Waals surface area contributed by atoms with Crippen LogP contribution in [-0.4, -0.2) is 14.6 Å². The Bertz CT molecular complexity index is 1480. The number of rotatable bonds is 5. The highest BCUT2D eigenvalue weighted by Gasteiger charge is 2.46. The topological polar surface area (TPSA) is 30.2 Å². The minimum absolute atomic E-state index is 0.785. The highest BCUT2D eigenvalue weighted by atomic mass is 31.2. The SMILES string of the molecule is Cc1cc2c3ccccc3nc(C[P+](c3ccccc3)(c3ccccc3)c3ccccc3)n2n1. The molecular weight excluding hydrogens is 433 g/mol. The van der Waals surface area contributed by atoms with Gasteiger partial charge in [0.2, 0.25) is 0 Å². The number of hydrogen-bond donors (Lipinski definition) is 0. The average Bonchev–Trinajstić information content (AvgIpc) is 3.31. The summed E-state index contributed by atoms with van der Waals surface area (Å²) >= 11 is 0. The van der Waals surface area contributed by atoms with Crippen LogP contribution < -0.4 is 15.9 Å². The zero-order valence-corrected chi connectivity index (χ0v) is 19.9. The predicted octanol–water partition coefficient (Wildman–Crippen LogP) is 5.69. The fourth-order valence-corrected chi connectivity index (χ4v) is 9.06. The standard InChI is InChI=1S/C30H25N3P/c1-23-21-29-27-19-11-12-20-28(27)31-30(33(29)32-23)22-34(24-13-5-2-6-14-24,25-15-7-3-8-16-25)26-17-9-4-10-18-26/h2-21H,22H2,1H3/q+1. The van der Waals surface area contributed by atoms with Gasteiger partial charge in [-0.15, -0.1) is 0 Å². The van der Waals surface area contributed by atoms with E-state index in [2.05, 4.69) is 133 Å². The van der Waals surface area contributed by atoms with E-state index in [0.29, 0.717) is 0 Å². The summed E-state index contributed by atoms with van der Waals surface area (Å²) in [5.41, 5.74) is 3.13. The summed E-state index contributed by atoms with van der Waals surface area (Å²) in [5, 5.41) is 10.1. The Labute approximate surface area is 200 Å². The van der Waals surface area contributed by atoms with Crippen molar-refractivity contribution < 1.29 is 0 Å². The van der Waals surface area contributed by atoms with E-state index in [4.69, 9.17) is 10.1 Å². The summed E-state index contributed by atoms with van der Waals surface area (Å²) in [6, 6.07) is 43.4. The second-order valence-corrected chi connectivity index (χ2v) is 12.1. The maximum absolute atomic E-state index is 5.21. The molecule has 6 rings (SSSR count). The van der Waals surface area contributed by atoms with E-state index in [9.17, 15) is 0 Å². The second-order valence-electron chi connectivity index (χ2n) is 8.60. The van der Waals surface area contributed by atoms with Gasteiger partial charge in [0.25, 0.3) is 0 Å². The fraction of sp³-hybridized carbons (Fsp3) is 0.0667. The largest absolute Gasteiger partial charge is 0.229 e. The lowest BCUT2D eigenvalue weighted by molar-refractivity contribution is 0.850. The third-order valence-corrected chi connectivity index (χ3v) is 10.8. The number of nitrogens with zero attached hydrogens (tertiary/aromatic N) is 3. The van der Waals surface area contributed by atoms with Gasteiger partial charge in [-0.2, -0.15) is 5.10 Å². The van der Waals surface area contributed by atoms with Crippen molar-refractivity contribution in [2.24, 2.45) is 0 Å². The zero-order valence-electron chi connectivity index (χ0n) is 19.0. The fourth-order valence-electron chi connectivity index (χ4n) is 4.95. The van der Waals surface area contributed by atoms with Gasteiger partial charge in [0.1, 0.15) is 29.3 Å². The van der Waals surface area contributed by atoms with E-state index >= 15 is 0 Å². The van der Waals surface area contributed by atoms with Crippen molar-refractivity contribution in [3.8, 4) is 0 Å². The van der Waals surface area contributed by atoms with E-state index in [0.717, 1.165) is 34.1 Å². The zero-order chi connectivity index (χ0) is 23.0. The first-order chi connectivity index (χ1) is 16.8. The van der Waals surface area contributed by atoms with Crippen LogP contribution in [0.15, 0.2) is 121 Å². The van der Waals surface area contributed by atoms with E-state index in [1.165, 1.54) is 15.9 Å². The molecule has 0 unspecified atom stereocenters. The molecule has 6 aromatic rings. The molecule has 0 saturated carbocycles. The van der Waals surface area contributed by atoms with Crippen LogP contribution in [0.4, 0.5) is 0 Å². The van der Waals surface area contributed by atoms with Crippen molar-refractivity contribution in [1.82, 2.24) is 14.6 Å². The quantitative estimate of drug-likeness (QED) is 0.311. The third-order valence-electron chi connectivity index (χ3n) is 6.48. The first kappa shape index (κ1) is 20.8.